The first-order valence-corrected chi connectivity index (χ1v) is 9.15. The summed E-state index contributed by atoms with van der Waals surface area (Å²) in [6.45, 7) is 5.99. The summed E-state index contributed by atoms with van der Waals surface area (Å²) in [5.41, 5.74) is 0. The maximum Gasteiger partial charge on any atom is 0.0647 e. The fourth-order valence-electron chi connectivity index (χ4n) is 4.31. The second-order valence-electron chi connectivity index (χ2n) is 7.09. The standard InChI is InChI=1S/C20H34O/c1-3-5-15-21-16-18-9-13-20(14-10-18)19-11-7-17(6-4-2)8-12-19/h3-6,17-20H,7-16H2,1-2H3/b5-3-,6-4+/t17-,18?,19-,20?. The van der Waals surface area contributed by atoms with E-state index in [4.69, 9.17) is 4.74 Å². The predicted octanol–water partition coefficient (Wildman–Crippen LogP) is 5.77. The number of hydrogen-bond acceptors (Lipinski definition) is 1. The van der Waals surface area contributed by atoms with Crippen molar-refractivity contribution in [2.75, 3.05) is 13.2 Å². The minimum atomic E-state index is 0.797. The van der Waals surface area contributed by atoms with Crippen LogP contribution in [0, 0.1) is 23.7 Å². The van der Waals surface area contributed by atoms with Crippen molar-refractivity contribution in [1.29, 1.82) is 0 Å². The Balaban J connectivity index is 1.63. The molecule has 0 saturated heterocycles. The van der Waals surface area contributed by atoms with E-state index < -0.39 is 0 Å². The molecule has 0 aliphatic heterocycles. The highest BCUT2D eigenvalue weighted by atomic mass is 16.5. The molecular weight excluding hydrogens is 256 g/mol. The molecule has 0 amide bonds. The molecule has 2 saturated carbocycles. The van der Waals surface area contributed by atoms with Gasteiger partial charge in [-0.1, -0.05) is 24.3 Å². The molecule has 0 bridgehead atoms. The Morgan fingerprint density at radius 2 is 1.43 bits per heavy atom. The van der Waals surface area contributed by atoms with Crippen molar-refractivity contribution in [2.45, 2.75) is 65.2 Å². The summed E-state index contributed by atoms with van der Waals surface area (Å²) in [4.78, 5) is 0. The van der Waals surface area contributed by atoms with E-state index in [9.17, 15) is 0 Å². The van der Waals surface area contributed by atoms with E-state index in [0.29, 0.717) is 0 Å². The summed E-state index contributed by atoms with van der Waals surface area (Å²) in [5.74, 6) is 3.74. The molecule has 2 aliphatic rings. The molecule has 0 aromatic rings. The van der Waals surface area contributed by atoms with Crippen LogP contribution >= 0.6 is 0 Å². The van der Waals surface area contributed by atoms with Crippen molar-refractivity contribution < 1.29 is 4.74 Å². The van der Waals surface area contributed by atoms with Crippen LogP contribution in [0.2, 0.25) is 0 Å². The third kappa shape index (κ3) is 5.62. The molecule has 2 aliphatic carbocycles. The zero-order chi connectivity index (χ0) is 14.9. The van der Waals surface area contributed by atoms with E-state index in [1.165, 1.54) is 51.4 Å². The third-order valence-electron chi connectivity index (χ3n) is 5.64. The molecule has 1 nitrogen and oxygen atoms in total. The molecule has 0 unspecified atom stereocenters. The smallest absolute Gasteiger partial charge is 0.0647 e. The van der Waals surface area contributed by atoms with Crippen molar-refractivity contribution in [3.8, 4) is 0 Å². The Morgan fingerprint density at radius 3 is 2.00 bits per heavy atom. The van der Waals surface area contributed by atoms with Crippen LogP contribution in [0.4, 0.5) is 0 Å². The van der Waals surface area contributed by atoms with Crippen molar-refractivity contribution >= 4 is 0 Å². The monoisotopic (exact) mass is 290 g/mol. The average molecular weight is 290 g/mol. The molecule has 0 spiro atoms. The van der Waals surface area contributed by atoms with Crippen LogP contribution in [-0.4, -0.2) is 13.2 Å². The Hall–Kier alpha value is -0.560. The largest absolute Gasteiger partial charge is 0.377 e. The minimum Gasteiger partial charge on any atom is -0.377 e. The quantitative estimate of drug-likeness (QED) is 0.446. The van der Waals surface area contributed by atoms with E-state index in [0.717, 1.165) is 36.9 Å². The Bertz CT molecular complexity index is 315. The highest BCUT2D eigenvalue weighted by molar-refractivity contribution is 4.90. The van der Waals surface area contributed by atoms with Gasteiger partial charge >= 0.3 is 0 Å². The first-order valence-electron chi connectivity index (χ1n) is 9.15. The van der Waals surface area contributed by atoms with E-state index in [1.54, 1.807) is 0 Å². The molecule has 1 heteroatoms. The van der Waals surface area contributed by atoms with E-state index in [-0.39, 0.29) is 0 Å². The van der Waals surface area contributed by atoms with Gasteiger partial charge in [0.05, 0.1) is 6.61 Å². The zero-order valence-electron chi connectivity index (χ0n) is 14.1. The molecule has 0 N–H and O–H groups in total. The topological polar surface area (TPSA) is 9.23 Å². The lowest BCUT2D eigenvalue weighted by molar-refractivity contribution is 0.0799. The molecule has 2 fully saturated rings. The molecule has 0 radical (unpaired) electrons. The number of hydrogen-bond donors (Lipinski definition) is 0. The highest BCUT2D eigenvalue weighted by Crippen LogP contribution is 2.41. The summed E-state index contributed by atoms with van der Waals surface area (Å²) >= 11 is 0. The van der Waals surface area contributed by atoms with Crippen molar-refractivity contribution in [1.82, 2.24) is 0 Å². The lowest BCUT2D eigenvalue weighted by Crippen LogP contribution is -2.26. The van der Waals surface area contributed by atoms with Gasteiger partial charge in [0, 0.05) is 6.61 Å². The highest BCUT2D eigenvalue weighted by Gasteiger charge is 2.30. The Labute approximate surface area is 131 Å². The second kappa shape index (κ2) is 9.46. The van der Waals surface area contributed by atoms with Crippen molar-refractivity contribution in [2.24, 2.45) is 23.7 Å². The van der Waals surface area contributed by atoms with Gasteiger partial charge < -0.3 is 4.74 Å². The number of ether oxygens (including phenoxy) is 1. The first-order chi connectivity index (χ1) is 10.3. The molecule has 0 atom stereocenters. The first kappa shape index (κ1) is 16.8. The molecule has 120 valence electrons. The van der Waals surface area contributed by atoms with Crippen molar-refractivity contribution in [3.63, 3.8) is 0 Å². The minimum absolute atomic E-state index is 0.797. The van der Waals surface area contributed by atoms with Crippen LogP contribution in [0.15, 0.2) is 24.3 Å². The van der Waals surface area contributed by atoms with E-state index >= 15 is 0 Å². The Morgan fingerprint density at radius 1 is 0.810 bits per heavy atom. The van der Waals surface area contributed by atoms with Gasteiger partial charge in [0.2, 0.25) is 0 Å². The van der Waals surface area contributed by atoms with Gasteiger partial charge in [0.15, 0.2) is 0 Å². The van der Waals surface area contributed by atoms with Crippen LogP contribution in [0.5, 0.6) is 0 Å². The third-order valence-corrected chi connectivity index (χ3v) is 5.64. The predicted molar refractivity (Wildman–Crippen MR) is 91.3 cm³/mol. The van der Waals surface area contributed by atoms with Crippen LogP contribution in [0.25, 0.3) is 0 Å². The fourth-order valence-corrected chi connectivity index (χ4v) is 4.31. The number of rotatable bonds is 6. The summed E-state index contributed by atoms with van der Waals surface area (Å²) < 4.78 is 5.74. The lowest BCUT2D eigenvalue weighted by atomic mass is 9.69. The van der Waals surface area contributed by atoms with Gasteiger partial charge in [0.1, 0.15) is 0 Å². The molecule has 0 aromatic carbocycles. The fraction of sp³-hybridized carbons (Fsp3) is 0.800. The summed E-state index contributed by atoms with van der Waals surface area (Å²) in [5, 5.41) is 0. The lowest BCUT2D eigenvalue weighted by Gasteiger charge is -2.37. The van der Waals surface area contributed by atoms with E-state index in [2.05, 4.69) is 38.2 Å². The van der Waals surface area contributed by atoms with Crippen LogP contribution < -0.4 is 0 Å². The second-order valence-corrected chi connectivity index (χ2v) is 7.09. The van der Waals surface area contributed by atoms with Gasteiger partial charge in [-0.05, 0) is 88.9 Å². The maximum absolute atomic E-state index is 5.74. The van der Waals surface area contributed by atoms with Crippen LogP contribution in [0.3, 0.4) is 0 Å². The van der Waals surface area contributed by atoms with Gasteiger partial charge in [-0.25, -0.2) is 0 Å². The van der Waals surface area contributed by atoms with Gasteiger partial charge in [-0.3, -0.25) is 0 Å². The van der Waals surface area contributed by atoms with Gasteiger partial charge in [-0.15, -0.1) is 0 Å². The SMILES string of the molecule is C/C=C\COCC1CCC([C@H]2CC[C@H](/C=C/C)CC2)CC1. The summed E-state index contributed by atoms with van der Waals surface area (Å²) in [6, 6.07) is 0. The molecule has 0 aromatic heterocycles. The summed E-state index contributed by atoms with van der Waals surface area (Å²) in [6.07, 6.45) is 20.4. The van der Waals surface area contributed by atoms with E-state index in [1.807, 2.05) is 0 Å². The van der Waals surface area contributed by atoms with Gasteiger partial charge in [-0.2, -0.15) is 0 Å². The summed E-state index contributed by atoms with van der Waals surface area (Å²) in [7, 11) is 0. The number of allylic oxidation sites excluding steroid dienone is 3. The zero-order valence-corrected chi connectivity index (χ0v) is 14.1. The average Bonchev–Trinajstić information content (AvgIpc) is 2.53. The van der Waals surface area contributed by atoms with Crippen LogP contribution in [-0.2, 0) is 4.74 Å². The molecule has 21 heavy (non-hydrogen) atoms. The van der Waals surface area contributed by atoms with Gasteiger partial charge in [0.25, 0.3) is 0 Å². The molecule has 0 heterocycles. The van der Waals surface area contributed by atoms with Crippen molar-refractivity contribution in [3.05, 3.63) is 24.3 Å². The molecule has 2 rings (SSSR count). The normalized spacial score (nSPS) is 34.8. The maximum atomic E-state index is 5.74. The Kier molecular flexibility index (Phi) is 7.57. The van der Waals surface area contributed by atoms with Crippen LogP contribution in [0.1, 0.15) is 65.2 Å². The molecular formula is C20H34O.